The van der Waals surface area contributed by atoms with Crippen LogP contribution in [0.15, 0.2) is 24.3 Å². The van der Waals surface area contributed by atoms with Crippen molar-refractivity contribution in [1.29, 1.82) is 0 Å². The summed E-state index contributed by atoms with van der Waals surface area (Å²) in [6.07, 6.45) is 15.3. The van der Waals surface area contributed by atoms with Crippen LogP contribution < -0.4 is 37.2 Å². The number of fused-ring (bicyclic) bond motifs is 3. The average molecular weight is 342 g/mol. The van der Waals surface area contributed by atoms with E-state index in [9.17, 15) is 0 Å². The summed E-state index contributed by atoms with van der Waals surface area (Å²) < 4.78 is 0. The normalized spacial score (nSPS) is 36.1. The Bertz CT molecular complexity index is 291. The SMILES string of the molecule is C[C-]1C2C=CC=CC2C2CCCCC12.[Cl-].[Cl-].[Cl-].[Ti+4]. The number of halogens is 3. The van der Waals surface area contributed by atoms with E-state index in [4.69, 9.17) is 0 Å². The fourth-order valence-corrected chi connectivity index (χ4v) is 3.92. The zero-order chi connectivity index (χ0) is 9.54. The van der Waals surface area contributed by atoms with E-state index in [-0.39, 0.29) is 58.9 Å². The minimum atomic E-state index is 0. The van der Waals surface area contributed by atoms with Gasteiger partial charge in [-0.15, -0.1) is 12.0 Å². The Hall–Kier alpha value is 1.06. The fourth-order valence-electron chi connectivity index (χ4n) is 3.92. The van der Waals surface area contributed by atoms with Gasteiger partial charge < -0.3 is 43.1 Å². The smallest absolute Gasteiger partial charge is 1.00 e. The molecule has 4 heteroatoms. The first kappa shape index (κ1) is 21.4. The van der Waals surface area contributed by atoms with Gasteiger partial charge in [0, 0.05) is 0 Å². The second kappa shape index (κ2) is 9.08. The zero-order valence-corrected chi connectivity index (χ0v) is 14.4. The Morgan fingerprint density at radius 3 is 2.28 bits per heavy atom. The molecule has 3 rings (SSSR count). The zero-order valence-electron chi connectivity index (χ0n) is 10.6. The van der Waals surface area contributed by atoms with Crippen LogP contribution in [0.4, 0.5) is 0 Å². The molecule has 0 saturated heterocycles. The van der Waals surface area contributed by atoms with Gasteiger partial charge in [0.1, 0.15) is 0 Å². The van der Waals surface area contributed by atoms with Crippen LogP contribution in [-0.4, -0.2) is 0 Å². The van der Waals surface area contributed by atoms with Crippen molar-refractivity contribution >= 4 is 0 Å². The summed E-state index contributed by atoms with van der Waals surface area (Å²) in [5, 5.41) is 0. The Balaban J connectivity index is 0. The van der Waals surface area contributed by atoms with Gasteiger partial charge >= 0.3 is 21.7 Å². The molecule has 4 atom stereocenters. The van der Waals surface area contributed by atoms with Crippen molar-refractivity contribution in [1.82, 2.24) is 0 Å². The molecule has 2 fully saturated rings. The monoisotopic (exact) mass is 340 g/mol. The second-order valence-electron chi connectivity index (χ2n) is 5.17. The molecule has 0 spiro atoms. The summed E-state index contributed by atoms with van der Waals surface area (Å²) in [7, 11) is 0. The minimum Gasteiger partial charge on any atom is -1.00 e. The third-order valence-corrected chi connectivity index (χ3v) is 4.60. The van der Waals surface area contributed by atoms with Crippen molar-refractivity contribution in [2.75, 3.05) is 0 Å². The van der Waals surface area contributed by atoms with Crippen LogP contribution in [0.2, 0.25) is 0 Å². The Morgan fingerprint density at radius 2 is 1.56 bits per heavy atom. The van der Waals surface area contributed by atoms with Crippen LogP contribution in [0.25, 0.3) is 0 Å². The number of hydrogen-bond donors (Lipinski definition) is 0. The van der Waals surface area contributed by atoms with Gasteiger partial charge in [0.05, 0.1) is 0 Å². The van der Waals surface area contributed by atoms with E-state index in [2.05, 4.69) is 31.2 Å². The Kier molecular flexibility index (Phi) is 10.8. The molecule has 0 nitrogen and oxygen atoms in total. The molecular weight excluding hydrogens is 322 g/mol. The quantitative estimate of drug-likeness (QED) is 0.305. The molecule has 3 aliphatic carbocycles. The maximum Gasteiger partial charge on any atom is 4.00 e. The summed E-state index contributed by atoms with van der Waals surface area (Å²) in [4.78, 5) is 0. The van der Waals surface area contributed by atoms with E-state index in [1.807, 2.05) is 0 Å². The maximum absolute atomic E-state index is 2.46. The molecule has 0 amide bonds. The van der Waals surface area contributed by atoms with Gasteiger partial charge in [0.15, 0.2) is 0 Å². The third-order valence-electron chi connectivity index (χ3n) is 4.60. The molecular formula is C14H19Cl3Ti. The molecule has 0 heterocycles. The number of allylic oxidation sites excluding steroid dienone is 4. The minimum absolute atomic E-state index is 0. The van der Waals surface area contributed by atoms with Gasteiger partial charge in [-0.05, 0) is 5.92 Å². The van der Waals surface area contributed by atoms with Crippen molar-refractivity contribution in [2.24, 2.45) is 23.7 Å². The molecule has 0 aromatic carbocycles. The summed E-state index contributed by atoms with van der Waals surface area (Å²) in [5.74, 6) is 5.35. The topological polar surface area (TPSA) is 0 Å². The summed E-state index contributed by atoms with van der Waals surface area (Å²) in [5.41, 5.74) is 0. The average Bonchev–Trinajstić information content (AvgIpc) is 2.55. The van der Waals surface area contributed by atoms with Crippen molar-refractivity contribution in [3.63, 3.8) is 0 Å². The molecule has 0 aromatic rings. The van der Waals surface area contributed by atoms with E-state index in [0.717, 1.165) is 23.7 Å². The molecule has 0 N–H and O–H groups in total. The van der Waals surface area contributed by atoms with E-state index < -0.39 is 0 Å². The largest absolute Gasteiger partial charge is 4.00 e. The van der Waals surface area contributed by atoms with E-state index in [1.54, 1.807) is 5.92 Å². The molecule has 4 unspecified atom stereocenters. The van der Waals surface area contributed by atoms with Crippen LogP contribution >= 0.6 is 0 Å². The van der Waals surface area contributed by atoms with Gasteiger partial charge in [0.2, 0.25) is 0 Å². The molecule has 0 aliphatic heterocycles. The number of rotatable bonds is 0. The predicted octanol–water partition coefficient (Wildman–Crippen LogP) is -5.23. The molecule has 2 saturated carbocycles. The molecule has 0 aromatic heterocycles. The molecule has 3 aliphatic rings. The first-order valence-electron chi connectivity index (χ1n) is 6.06. The van der Waals surface area contributed by atoms with Crippen LogP contribution in [0, 0.1) is 29.6 Å². The first-order valence-corrected chi connectivity index (χ1v) is 6.06. The van der Waals surface area contributed by atoms with Gasteiger partial charge in [-0.25, -0.2) is 0 Å². The number of hydrogen-bond acceptors (Lipinski definition) is 0. The second-order valence-corrected chi connectivity index (χ2v) is 5.17. The predicted molar refractivity (Wildman–Crippen MR) is 59.6 cm³/mol. The molecule has 0 bridgehead atoms. The standard InChI is InChI=1S/C14H19.3ClH.Ti/c1-10-11-6-2-4-8-13(11)14-9-5-3-7-12(10)14;;;;/h2,4,6,8,11-14H,3,5,7,9H2,1H3;3*1H;/q-1;;;;+4/p-3. The fraction of sp³-hybridized carbons (Fsp3) is 0.643. The van der Waals surface area contributed by atoms with Crippen LogP contribution in [0.1, 0.15) is 32.6 Å². The van der Waals surface area contributed by atoms with E-state index in [0.29, 0.717) is 0 Å². The van der Waals surface area contributed by atoms with Gasteiger partial charge in [0.25, 0.3) is 0 Å². The summed E-state index contributed by atoms with van der Waals surface area (Å²) in [6, 6.07) is 0. The Morgan fingerprint density at radius 1 is 0.944 bits per heavy atom. The molecule has 18 heavy (non-hydrogen) atoms. The summed E-state index contributed by atoms with van der Waals surface area (Å²) >= 11 is 0. The van der Waals surface area contributed by atoms with Gasteiger partial charge in [-0.1, -0.05) is 49.8 Å². The van der Waals surface area contributed by atoms with Crippen molar-refractivity contribution in [3.8, 4) is 0 Å². The van der Waals surface area contributed by atoms with E-state index >= 15 is 0 Å². The van der Waals surface area contributed by atoms with Crippen molar-refractivity contribution in [2.45, 2.75) is 32.6 Å². The summed E-state index contributed by atoms with van der Waals surface area (Å²) in [6.45, 7) is 2.40. The van der Waals surface area contributed by atoms with Crippen LogP contribution in [-0.2, 0) is 21.7 Å². The maximum atomic E-state index is 2.46. The van der Waals surface area contributed by atoms with Crippen LogP contribution in [0.3, 0.4) is 0 Å². The van der Waals surface area contributed by atoms with Gasteiger partial charge in [-0.3, -0.25) is 0 Å². The Labute approximate surface area is 145 Å². The van der Waals surface area contributed by atoms with Gasteiger partial charge in [-0.2, -0.15) is 12.8 Å². The molecule has 100 valence electrons. The van der Waals surface area contributed by atoms with Crippen molar-refractivity contribution < 1.29 is 58.9 Å². The van der Waals surface area contributed by atoms with Crippen LogP contribution in [0.5, 0.6) is 0 Å². The third kappa shape index (κ3) is 3.58. The first-order chi connectivity index (χ1) is 6.88. The van der Waals surface area contributed by atoms with Crippen molar-refractivity contribution in [3.05, 3.63) is 30.2 Å². The van der Waals surface area contributed by atoms with E-state index in [1.165, 1.54) is 25.7 Å². The molecule has 0 radical (unpaired) electrons.